The summed E-state index contributed by atoms with van der Waals surface area (Å²) in [5, 5.41) is 21.2. The molecule has 0 bridgehead atoms. The first-order valence-corrected chi connectivity index (χ1v) is 10.2. The van der Waals surface area contributed by atoms with Gasteiger partial charge in [0.1, 0.15) is 5.78 Å². The maximum Gasteiger partial charge on any atom is 0.181 e. The monoisotopic (exact) mass is 393 g/mol. The highest BCUT2D eigenvalue weighted by Gasteiger charge is 2.25. The van der Waals surface area contributed by atoms with Gasteiger partial charge in [-0.15, -0.1) is 5.10 Å². The zero-order chi connectivity index (χ0) is 20.4. The number of hydrogen-bond donors (Lipinski definition) is 0. The number of aromatic nitrogens is 6. The minimum absolute atomic E-state index is 0.131. The molecule has 3 aromatic rings. The van der Waals surface area contributed by atoms with Crippen molar-refractivity contribution in [2.24, 2.45) is 18.9 Å². The van der Waals surface area contributed by atoms with E-state index in [4.69, 9.17) is 0 Å². The summed E-state index contributed by atoms with van der Waals surface area (Å²) in [6.07, 6.45) is 2.22. The molecule has 0 aliphatic carbocycles. The highest BCUT2D eigenvalue weighted by molar-refractivity contribution is 5.86. The Balaban J connectivity index is 1.45. The van der Waals surface area contributed by atoms with E-state index < -0.39 is 0 Å². The number of piperidine rings is 1. The van der Waals surface area contributed by atoms with E-state index in [1.54, 1.807) is 11.7 Å². The number of nitrogens with zero attached hydrogens (tertiary/aromatic N) is 7. The van der Waals surface area contributed by atoms with Crippen molar-refractivity contribution in [1.82, 2.24) is 35.3 Å². The first-order valence-electron chi connectivity index (χ1n) is 10.2. The van der Waals surface area contributed by atoms with Crippen molar-refractivity contribution in [3.05, 3.63) is 30.0 Å². The third-order valence-electron chi connectivity index (χ3n) is 5.54. The number of ketones is 1. The predicted octanol–water partition coefficient (Wildman–Crippen LogP) is 2.30. The van der Waals surface area contributed by atoms with Crippen LogP contribution in [-0.4, -0.2) is 60.7 Å². The average Bonchev–Trinajstić information content (AvgIpc) is 3.13. The van der Waals surface area contributed by atoms with Gasteiger partial charge in [-0.05, 0) is 66.5 Å². The van der Waals surface area contributed by atoms with Crippen LogP contribution in [0.2, 0.25) is 0 Å². The minimum Gasteiger partial charge on any atom is -0.303 e. The zero-order valence-electron chi connectivity index (χ0n) is 17.2. The Morgan fingerprint density at radius 1 is 1.14 bits per heavy atom. The summed E-state index contributed by atoms with van der Waals surface area (Å²) in [5.41, 5.74) is 2.43. The Bertz CT molecular complexity index is 1010. The molecule has 4 rings (SSSR count). The lowest BCUT2D eigenvalue weighted by Gasteiger charge is -2.32. The van der Waals surface area contributed by atoms with Gasteiger partial charge in [-0.3, -0.25) is 4.79 Å². The molecule has 0 unspecified atom stereocenters. The number of aryl methyl sites for hydroxylation is 1. The second kappa shape index (κ2) is 8.32. The van der Waals surface area contributed by atoms with Gasteiger partial charge in [0, 0.05) is 30.5 Å². The van der Waals surface area contributed by atoms with Crippen LogP contribution >= 0.6 is 0 Å². The molecule has 29 heavy (non-hydrogen) atoms. The molecule has 1 fully saturated rings. The number of rotatable bonds is 6. The third-order valence-corrected chi connectivity index (χ3v) is 5.54. The van der Waals surface area contributed by atoms with E-state index in [1.807, 2.05) is 24.3 Å². The van der Waals surface area contributed by atoms with E-state index in [9.17, 15) is 4.79 Å². The van der Waals surface area contributed by atoms with Crippen LogP contribution in [-0.2, 0) is 18.3 Å². The van der Waals surface area contributed by atoms with Gasteiger partial charge in [0.25, 0.3) is 0 Å². The fraction of sp³-hybridized carbons (Fsp3) is 0.524. The van der Waals surface area contributed by atoms with Gasteiger partial charge < -0.3 is 4.90 Å². The Morgan fingerprint density at radius 3 is 2.62 bits per heavy atom. The van der Waals surface area contributed by atoms with E-state index in [0.29, 0.717) is 18.2 Å². The molecule has 8 nitrogen and oxygen atoms in total. The van der Waals surface area contributed by atoms with Gasteiger partial charge >= 0.3 is 0 Å². The number of carbonyl (C=O) groups is 1. The first-order chi connectivity index (χ1) is 14.0. The van der Waals surface area contributed by atoms with Gasteiger partial charge in [-0.2, -0.15) is 10.2 Å². The molecule has 0 amide bonds. The first kappa shape index (κ1) is 19.6. The van der Waals surface area contributed by atoms with Gasteiger partial charge in [0.05, 0.1) is 17.6 Å². The Labute approximate surface area is 170 Å². The Hall–Kier alpha value is -2.74. The molecule has 3 heterocycles. The van der Waals surface area contributed by atoms with Crippen molar-refractivity contribution in [3.63, 3.8) is 0 Å². The number of Topliss-reactive ketones (excluding diaryl/α,β-unsaturated/α-hetero) is 1. The molecule has 1 aliphatic heterocycles. The number of benzene rings is 1. The van der Waals surface area contributed by atoms with Crippen LogP contribution in [0.3, 0.4) is 0 Å². The molecule has 0 radical (unpaired) electrons. The lowest BCUT2D eigenvalue weighted by molar-refractivity contribution is -0.123. The molecule has 0 N–H and O–H groups in total. The standard InChI is InChI=1S/C21H27N7O/c1-14(2)13-28-8-6-15(7-9-28)20(29)12-18-11-17-10-16(4-5-19(17)23-22-18)21-24-25-26-27(21)3/h4-5,10-11,14-15H,6-9,12-13H2,1-3H3. The minimum atomic E-state index is 0.131. The summed E-state index contributed by atoms with van der Waals surface area (Å²) in [6.45, 7) is 7.60. The fourth-order valence-electron chi connectivity index (χ4n) is 4.06. The van der Waals surface area contributed by atoms with Crippen LogP contribution in [0.15, 0.2) is 24.3 Å². The number of carbonyl (C=O) groups excluding carboxylic acids is 1. The van der Waals surface area contributed by atoms with E-state index in [0.717, 1.165) is 54.6 Å². The van der Waals surface area contributed by atoms with Gasteiger partial charge in [0.15, 0.2) is 5.82 Å². The summed E-state index contributed by atoms with van der Waals surface area (Å²) >= 11 is 0. The number of tetrazole rings is 1. The van der Waals surface area contributed by atoms with Crippen LogP contribution in [0.1, 0.15) is 32.4 Å². The lowest BCUT2D eigenvalue weighted by Crippen LogP contribution is -2.38. The van der Waals surface area contributed by atoms with Crippen molar-refractivity contribution in [2.75, 3.05) is 19.6 Å². The van der Waals surface area contributed by atoms with E-state index in [2.05, 4.69) is 44.5 Å². The van der Waals surface area contributed by atoms with Crippen LogP contribution in [0.4, 0.5) is 0 Å². The molecule has 8 heteroatoms. The van der Waals surface area contributed by atoms with Crippen molar-refractivity contribution in [2.45, 2.75) is 33.1 Å². The van der Waals surface area contributed by atoms with Crippen LogP contribution < -0.4 is 0 Å². The third kappa shape index (κ3) is 4.48. The SMILES string of the molecule is CC(C)CN1CCC(C(=O)Cc2cc3cc(-c4nnnn4C)ccc3nn2)CC1. The number of hydrogen-bond acceptors (Lipinski definition) is 7. The summed E-state index contributed by atoms with van der Waals surface area (Å²) in [7, 11) is 1.81. The van der Waals surface area contributed by atoms with E-state index in [-0.39, 0.29) is 11.7 Å². The summed E-state index contributed by atoms with van der Waals surface area (Å²) in [6, 6.07) is 7.79. The molecule has 1 aromatic carbocycles. The normalized spacial score (nSPS) is 16.0. The molecular weight excluding hydrogens is 366 g/mol. The van der Waals surface area contributed by atoms with Crippen molar-refractivity contribution in [1.29, 1.82) is 0 Å². The lowest BCUT2D eigenvalue weighted by atomic mass is 9.90. The smallest absolute Gasteiger partial charge is 0.181 e. The topological polar surface area (TPSA) is 89.7 Å². The summed E-state index contributed by atoms with van der Waals surface area (Å²) < 4.78 is 1.63. The maximum atomic E-state index is 12.8. The Kier molecular flexibility index (Phi) is 5.62. The second-order valence-corrected chi connectivity index (χ2v) is 8.35. The number of likely N-dealkylation sites (tertiary alicyclic amines) is 1. The molecule has 1 aliphatic rings. The van der Waals surface area contributed by atoms with Gasteiger partial charge in [0.2, 0.25) is 0 Å². The molecule has 1 saturated heterocycles. The fourth-order valence-corrected chi connectivity index (χ4v) is 4.06. The van der Waals surface area contributed by atoms with Crippen LogP contribution in [0, 0.1) is 11.8 Å². The van der Waals surface area contributed by atoms with Crippen molar-refractivity contribution in [3.8, 4) is 11.4 Å². The molecule has 0 atom stereocenters. The van der Waals surface area contributed by atoms with Crippen molar-refractivity contribution < 1.29 is 4.79 Å². The highest BCUT2D eigenvalue weighted by Crippen LogP contribution is 2.23. The molecule has 0 saturated carbocycles. The average molecular weight is 393 g/mol. The number of fused-ring (bicyclic) bond motifs is 1. The van der Waals surface area contributed by atoms with Gasteiger partial charge in [-0.1, -0.05) is 13.8 Å². The largest absolute Gasteiger partial charge is 0.303 e. The zero-order valence-corrected chi connectivity index (χ0v) is 17.2. The Morgan fingerprint density at radius 2 is 1.93 bits per heavy atom. The van der Waals surface area contributed by atoms with E-state index in [1.165, 1.54) is 0 Å². The predicted molar refractivity (Wildman–Crippen MR) is 110 cm³/mol. The quantitative estimate of drug-likeness (QED) is 0.635. The molecule has 152 valence electrons. The van der Waals surface area contributed by atoms with Gasteiger partial charge in [-0.25, -0.2) is 4.68 Å². The summed E-state index contributed by atoms with van der Waals surface area (Å²) in [5.74, 6) is 1.76. The summed E-state index contributed by atoms with van der Waals surface area (Å²) in [4.78, 5) is 15.3. The highest BCUT2D eigenvalue weighted by atomic mass is 16.1. The van der Waals surface area contributed by atoms with E-state index >= 15 is 0 Å². The molecular formula is C21H27N7O. The van der Waals surface area contributed by atoms with Crippen molar-refractivity contribution >= 4 is 16.7 Å². The maximum absolute atomic E-state index is 12.8. The van der Waals surface area contributed by atoms with Crippen LogP contribution in [0.25, 0.3) is 22.3 Å². The molecule has 2 aromatic heterocycles. The second-order valence-electron chi connectivity index (χ2n) is 8.35. The molecule has 0 spiro atoms. The van der Waals surface area contributed by atoms with Crippen LogP contribution in [0.5, 0.6) is 0 Å².